The van der Waals surface area contributed by atoms with Crippen LogP contribution in [0.15, 0.2) is 4.99 Å². The predicted molar refractivity (Wildman–Crippen MR) is 37.2 cm³/mol. The van der Waals surface area contributed by atoms with Crippen LogP contribution in [0.25, 0.3) is 0 Å². The van der Waals surface area contributed by atoms with Crippen LogP contribution < -0.4 is 0 Å². The van der Waals surface area contributed by atoms with Gasteiger partial charge in [0.1, 0.15) is 6.42 Å². The number of hydrogen-bond donors (Lipinski definition) is 0. The molecule has 0 aliphatic carbocycles. The van der Waals surface area contributed by atoms with Crippen LogP contribution >= 0.6 is 0 Å². The number of imide groups is 1. The molecule has 1 aliphatic rings. The molecule has 0 saturated carbocycles. The summed E-state index contributed by atoms with van der Waals surface area (Å²) in [7, 11) is 2.77. The fourth-order valence-electron chi connectivity index (χ4n) is 0.694. The summed E-state index contributed by atoms with van der Waals surface area (Å²) in [4.78, 5) is 26.2. The van der Waals surface area contributed by atoms with Gasteiger partial charge in [0.2, 0.25) is 11.8 Å². The Bertz CT molecular complexity index is 234. The topological polar surface area (TPSA) is 59.0 Å². The molecule has 0 aromatic rings. The van der Waals surface area contributed by atoms with Gasteiger partial charge in [0.15, 0.2) is 0 Å². The summed E-state index contributed by atoms with van der Waals surface area (Å²) in [6.45, 7) is 0. The van der Waals surface area contributed by atoms with Gasteiger partial charge in [0.05, 0.1) is 7.11 Å². The Balaban J connectivity index is 2.85. The lowest BCUT2D eigenvalue weighted by atomic mass is 10.3. The average Bonchev–Trinajstić information content (AvgIpc) is 1.99. The molecule has 0 aromatic heterocycles. The molecule has 1 heterocycles. The maximum absolute atomic E-state index is 10.9. The number of aliphatic imine (C=N–C) groups is 1. The maximum atomic E-state index is 10.9. The first-order valence-corrected chi connectivity index (χ1v) is 3.07. The number of carbonyl (C=O) groups excluding carboxylic acids is 2. The van der Waals surface area contributed by atoms with E-state index in [0.717, 1.165) is 4.90 Å². The number of hydrogen-bond acceptors (Lipinski definition) is 3. The van der Waals surface area contributed by atoms with Gasteiger partial charge >= 0.3 is 6.03 Å². The molecule has 0 aromatic carbocycles. The van der Waals surface area contributed by atoms with E-state index in [9.17, 15) is 9.59 Å². The van der Waals surface area contributed by atoms with Crippen LogP contribution in [0.1, 0.15) is 6.42 Å². The largest absolute Gasteiger partial charge is 0.484 e. The first-order chi connectivity index (χ1) is 5.15. The van der Waals surface area contributed by atoms with Crippen LogP contribution in [0, 0.1) is 0 Å². The summed E-state index contributed by atoms with van der Waals surface area (Å²) >= 11 is 0. The molecule has 0 saturated heterocycles. The molecule has 1 rings (SSSR count). The zero-order chi connectivity index (χ0) is 8.43. The maximum Gasteiger partial charge on any atom is 0.352 e. The lowest BCUT2D eigenvalue weighted by Crippen LogP contribution is -2.37. The molecule has 11 heavy (non-hydrogen) atoms. The van der Waals surface area contributed by atoms with Crippen LogP contribution in [0.3, 0.4) is 0 Å². The van der Waals surface area contributed by atoms with Crippen molar-refractivity contribution in [1.82, 2.24) is 4.90 Å². The molecular weight excluding hydrogens is 148 g/mol. The number of methoxy groups -OCH3 is 1. The van der Waals surface area contributed by atoms with E-state index < -0.39 is 6.03 Å². The van der Waals surface area contributed by atoms with Crippen molar-refractivity contribution in [1.29, 1.82) is 0 Å². The third-order valence-electron chi connectivity index (χ3n) is 1.42. The summed E-state index contributed by atoms with van der Waals surface area (Å²) in [5, 5.41) is 0. The fraction of sp³-hybridized carbons (Fsp3) is 0.500. The minimum absolute atomic E-state index is 0.0682. The number of rotatable bonds is 0. The Labute approximate surface area is 63.6 Å². The van der Waals surface area contributed by atoms with Crippen molar-refractivity contribution in [3.63, 3.8) is 0 Å². The van der Waals surface area contributed by atoms with Gasteiger partial charge in [-0.05, 0) is 0 Å². The van der Waals surface area contributed by atoms with Gasteiger partial charge in [0, 0.05) is 7.05 Å². The van der Waals surface area contributed by atoms with Gasteiger partial charge in [-0.15, -0.1) is 0 Å². The zero-order valence-electron chi connectivity index (χ0n) is 6.33. The Kier molecular flexibility index (Phi) is 1.89. The first kappa shape index (κ1) is 7.71. The second-order valence-corrected chi connectivity index (χ2v) is 2.12. The SMILES string of the molecule is COC1=NC(=O)N(C)C(=O)C1. The molecule has 0 unspecified atom stereocenters. The molecule has 0 radical (unpaired) electrons. The second kappa shape index (κ2) is 2.69. The van der Waals surface area contributed by atoms with Crippen molar-refractivity contribution < 1.29 is 14.3 Å². The van der Waals surface area contributed by atoms with Gasteiger partial charge < -0.3 is 4.74 Å². The molecule has 0 N–H and O–H groups in total. The standard InChI is InChI=1S/C6H8N2O3/c1-8-5(9)3-4(11-2)7-6(8)10/h3H2,1-2H3. The van der Waals surface area contributed by atoms with Crippen LogP contribution in [0.5, 0.6) is 0 Å². The van der Waals surface area contributed by atoms with Crippen LogP contribution in [-0.2, 0) is 9.53 Å². The summed E-state index contributed by atoms with van der Waals surface area (Å²) in [6, 6.07) is -0.571. The monoisotopic (exact) mass is 156 g/mol. The fourth-order valence-corrected chi connectivity index (χ4v) is 0.694. The average molecular weight is 156 g/mol. The molecule has 0 spiro atoms. The van der Waals surface area contributed by atoms with Gasteiger partial charge in [-0.3, -0.25) is 9.69 Å². The van der Waals surface area contributed by atoms with E-state index in [0.29, 0.717) is 0 Å². The lowest BCUT2D eigenvalue weighted by molar-refractivity contribution is -0.126. The van der Waals surface area contributed by atoms with Crippen LogP contribution in [0.2, 0.25) is 0 Å². The van der Waals surface area contributed by atoms with E-state index in [1.54, 1.807) is 0 Å². The van der Waals surface area contributed by atoms with Gasteiger partial charge in [0.25, 0.3) is 0 Å². The molecule has 5 heteroatoms. The molecule has 1 aliphatic heterocycles. The molecule has 0 fully saturated rings. The van der Waals surface area contributed by atoms with Crippen molar-refractivity contribution >= 4 is 17.8 Å². The predicted octanol–water partition coefficient (Wildman–Crippen LogP) is 0.0134. The molecule has 5 nitrogen and oxygen atoms in total. The molecule has 3 amide bonds. The molecule has 60 valence electrons. The van der Waals surface area contributed by atoms with E-state index in [1.807, 2.05) is 0 Å². The van der Waals surface area contributed by atoms with Crippen molar-refractivity contribution in [3.05, 3.63) is 0 Å². The number of nitrogens with zero attached hydrogens (tertiary/aromatic N) is 2. The molecule has 0 bridgehead atoms. The third kappa shape index (κ3) is 1.36. The van der Waals surface area contributed by atoms with Crippen LogP contribution in [-0.4, -0.2) is 36.9 Å². The minimum atomic E-state index is -0.571. The normalized spacial score (nSPS) is 18.4. The highest BCUT2D eigenvalue weighted by molar-refractivity contribution is 6.11. The second-order valence-electron chi connectivity index (χ2n) is 2.12. The summed E-state index contributed by atoms with van der Waals surface area (Å²) in [5.74, 6) is -0.111. The van der Waals surface area contributed by atoms with Crippen molar-refractivity contribution in [2.24, 2.45) is 4.99 Å². The Morgan fingerprint density at radius 3 is 2.64 bits per heavy atom. The number of ether oxygens (including phenoxy) is 1. The number of urea groups is 1. The lowest BCUT2D eigenvalue weighted by Gasteiger charge is -2.17. The zero-order valence-corrected chi connectivity index (χ0v) is 6.33. The highest BCUT2D eigenvalue weighted by atomic mass is 16.5. The summed E-state index contributed by atoms with van der Waals surface area (Å²) in [5.41, 5.74) is 0. The quantitative estimate of drug-likeness (QED) is 0.496. The Morgan fingerprint density at radius 1 is 1.55 bits per heavy atom. The number of amides is 3. The van der Waals surface area contributed by atoms with Gasteiger partial charge in [-0.25, -0.2) is 4.79 Å². The van der Waals surface area contributed by atoms with E-state index >= 15 is 0 Å². The summed E-state index contributed by atoms with van der Waals surface area (Å²) < 4.78 is 4.66. The molecule has 0 atom stereocenters. The van der Waals surface area contributed by atoms with Crippen molar-refractivity contribution in [2.75, 3.05) is 14.2 Å². The van der Waals surface area contributed by atoms with Gasteiger partial charge in [-0.1, -0.05) is 0 Å². The molecular formula is C6H8N2O3. The Morgan fingerprint density at radius 2 is 2.18 bits per heavy atom. The third-order valence-corrected chi connectivity index (χ3v) is 1.42. The Hall–Kier alpha value is -1.39. The van der Waals surface area contributed by atoms with Crippen LogP contribution in [0.4, 0.5) is 4.79 Å². The van der Waals surface area contributed by atoms with E-state index in [2.05, 4.69) is 9.73 Å². The van der Waals surface area contributed by atoms with Crippen molar-refractivity contribution in [3.8, 4) is 0 Å². The first-order valence-electron chi connectivity index (χ1n) is 3.07. The number of carbonyl (C=O) groups is 2. The van der Waals surface area contributed by atoms with Gasteiger partial charge in [-0.2, -0.15) is 4.99 Å². The van der Waals surface area contributed by atoms with E-state index in [-0.39, 0.29) is 18.2 Å². The minimum Gasteiger partial charge on any atom is -0.484 e. The smallest absolute Gasteiger partial charge is 0.352 e. The van der Waals surface area contributed by atoms with Crippen molar-refractivity contribution in [2.45, 2.75) is 6.42 Å². The van der Waals surface area contributed by atoms with E-state index in [1.165, 1.54) is 14.2 Å². The highest BCUT2D eigenvalue weighted by Crippen LogP contribution is 2.04. The summed E-state index contributed by atoms with van der Waals surface area (Å²) in [6.07, 6.45) is 0.0682. The van der Waals surface area contributed by atoms with E-state index in [4.69, 9.17) is 0 Å². The highest BCUT2D eigenvalue weighted by Gasteiger charge is 2.24.